The van der Waals surface area contributed by atoms with E-state index in [1.54, 1.807) is 12.5 Å². The highest BCUT2D eigenvalue weighted by atomic mass is 16.7. The van der Waals surface area contributed by atoms with E-state index in [2.05, 4.69) is 16.9 Å². The third-order valence-corrected chi connectivity index (χ3v) is 2.16. The molecule has 0 saturated carbocycles. The molecule has 0 amide bonds. The smallest absolute Gasteiger partial charge is 0.182 e. The molecular formula is C8H12N2O2. The minimum atomic E-state index is -0.539. The van der Waals surface area contributed by atoms with Gasteiger partial charge in [-0.3, -0.25) is 0 Å². The molecule has 1 unspecified atom stereocenters. The number of nitrogens with one attached hydrogen (secondary N) is 1. The number of aliphatic hydroxyl groups is 1. The van der Waals surface area contributed by atoms with Crippen LogP contribution in [0.15, 0.2) is 12.5 Å². The normalized spacial score (nSPS) is 30.2. The van der Waals surface area contributed by atoms with Crippen molar-refractivity contribution >= 4 is 0 Å². The van der Waals surface area contributed by atoms with Gasteiger partial charge in [-0.05, 0) is 12.3 Å². The molecule has 1 aliphatic heterocycles. The number of nitrogens with zero attached hydrogens (tertiary/aromatic N) is 1. The number of epoxide rings is 1. The summed E-state index contributed by atoms with van der Waals surface area (Å²) in [6.45, 7) is 2.06. The number of aromatic amines is 1. The first-order valence-electron chi connectivity index (χ1n) is 4.08. The molecule has 4 heteroatoms. The third kappa shape index (κ3) is 1.49. The van der Waals surface area contributed by atoms with Crippen LogP contribution in [0.1, 0.15) is 12.6 Å². The Morgan fingerprint density at radius 3 is 3.08 bits per heavy atom. The number of ether oxygens (including phenoxy) is 1. The van der Waals surface area contributed by atoms with E-state index in [9.17, 15) is 0 Å². The fourth-order valence-corrected chi connectivity index (χ4v) is 1.39. The number of rotatable bonds is 3. The summed E-state index contributed by atoms with van der Waals surface area (Å²) in [6, 6.07) is 0. The minimum absolute atomic E-state index is 0.0216. The molecule has 2 heterocycles. The van der Waals surface area contributed by atoms with E-state index >= 15 is 0 Å². The molecule has 0 aliphatic carbocycles. The molecule has 2 rings (SSSR count). The summed E-state index contributed by atoms with van der Waals surface area (Å²) in [7, 11) is 0. The third-order valence-electron chi connectivity index (χ3n) is 2.16. The Morgan fingerprint density at radius 1 is 1.83 bits per heavy atom. The average Bonchev–Trinajstić information content (AvgIpc) is 2.58. The SMILES string of the molecule is C[C@@H](Cc1cnc[nH]1)C1O[C@@H]1O. The Kier molecular flexibility index (Phi) is 1.86. The van der Waals surface area contributed by atoms with Crippen molar-refractivity contribution in [2.24, 2.45) is 5.92 Å². The second kappa shape index (κ2) is 2.88. The number of imidazole rings is 1. The van der Waals surface area contributed by atoms with Crippen molar-refractivity contribution in [3.05, 3.63) is 18.2 Å². The zero-order valence-electron chi connectivity index (χ0n) is 6.90. The van der Waals surface area contributed by atoms with Crippen molar-refractivity contribution < 1.29 is 9.84 Å². The van der Waals surface area contributed by atoms with Gasteiger partial charge in [0.1, 0.15) is 6.10 Å². The van der Waals surface area contributed by atoms with Crippen molar-refractivity contribution in [2.45, 2.75) is 25.7 Å². The quantitative estimate of drug-likeness (QED) is 0.638. The molecule has 1 saturated heterocycles. The van der Waals surface area contributed by atoms with Gasteiger partial charge in [0, 0.05) is 11.9 Å². The number of hydrogen-bond donors (Lipinski definition) is 2. The topological polar surface area (TPSA) is 61.4 Å². The van der Waals surface area contributed by atoms with Crippen LogP contribution >= 0.6 is 0 Å². The predicted octanol–water partition coefficient (Wildman–Crippen LogP) is 0.305. The Bertz CT molecular complexity index is 248. The second-order valence-corrected chi connectivity index (χ2v) is 3.25. The standard InChI is InChI=1S/C8H12N2O2/c1-5(7-8(11)12-7)2-6-3-9-4-10-6/h3-5,7-8,11H,2H2,1H3,(H,9,10)/t5-,7?,8-/m0/s1. The Balaban J connectivity index is 1.87. The van der Waals surface area contributed by atoms with Gasteiger partial charge in [0.05, 0.1) is 6.33 Å². The van der Waals surface area contributed by atoms with Crippen LogP contribution in [0.3, 0.4) is 0 Å². The first-order valence-corrected chi connectivity index (χ1v) is 4.08. The van der Waals surface area contributed by atoms with Gasteiger partial charge < -0.3 is 14.8 Å². The van der Waals surface area contributed by atoms with Crippen LogP contribution in [-0.2, 0) is 11.2 Å². The molecule has 4 nitrogen and oxygen atoms in total. The molecule has 1 aromatic rings. The van der Waals surface area contributed by atoms with Crippen molar-refractivity contribution in [2.75, 3.05) is 0 Å². The van der Waals surface area contributed by atoms with E-state index in [4.69, 9.17) is 9.84 Å². The van der Waals surface area contributed by atoms with E-state index in [0.717, 1.165) is 12.1 Å². The molecule has 2 N–H and O–H groups in total. The van der Waals surface area contributed by atoms with E-state index in [1.165, 1.54) is 0 Å². The molecule has 12 heavy (non-hydrogen) atoms. The minimum Gasteiger partial charge on any atom is -0.366 e. The Hall–Kier alpha value is -0.870. The van der Waals surface area contributed by atoms with Crippen molar-refractivity contribution in [3.63, 3.8) is 0 Å². The maximum Gasteiger partial charge on any atom is 0.182 e. The lowest BCUT2D eigenvalue weighted by molar-refractivity contribution is 0.155. The number of H-pyrrole nitrogens is 1. The van der Waals surface area contributed by atoms with Gasteiger partial charge in [0.25, 0.3) is 0 Å². The summed E-state index contributed by atoms with van der Waals surface area (Å²) in [5.74, 6) is 0.348. The number of aliphatic hydroxyl groups excluding tert-OH is 1. The highest BCUT2D eigenvalue weighted by Crippen LogP contribution is 2.28. The summed E-state index contributed by atoms with van der Waals surface area (Å²) in [4.78, 5) is 6.93. The van der Waals surface area contributed by atoms with Crippen LogP contribution in [0.5, 0.6) is 0 Å². The highest BCUT2D eigenvalue weighted by molar-refractivity contribution is 4.98. The molecule has 1 aliphatic rings. The van der Waals surface area contributed by atoms with Crippen molar-refractivity contribution in [3.8, 4) is 0 Å². The van der Waals surface area contributed by atoms with Gasteiger partial charge in [-0.15, -0.1) is 0 Å². The van der Waals surface area contributed by atoms with E-state index < -0.39 is 6.29 Å². The highest BCUT2D eigenvalue weighted by Gasteiger charge is 2.41. The summed E-state index contributed by atoms with van der Waals surface area (Å²) >= 11 is 0. The summed E-state index contributed by atoms with van der Waals surface area (Å²) < 4.78 is 4.95. The average molecular weight is 168 g/mol. The Morgan fingerprint density at radius 2 is 2.58 bits per heavy atom. The summed E-state index contributed by atoms with van der Waals surface area (Å²) in [5, 5.41) is 8.98. The molecule has 3 atom stereocenters. The number of aromatic nitrogens is 2. The first-order chi connectivity index (χ1) is 5.77. The molecule has 1 aromatic heterocycles. The summed E-state index contributed by atoms with van der Waals surface area (Å²) in [6.07, 6.45) is 3.82. The lowest BCUT2D eigenvalue weighted by Crippen LogP contribution is -2.09. The predicted molar refractivity (Wildman–Crippen MR) is 42.3 cm³/mol. The van der Waals surface area contributed by atoms with Gasteiger partial charge in [0.2, 0.25) is 0 Å². The van der Waals surface area contributed by atoms with Crippen molar-refractivity contribution in [1.29, 1.82) is 0 Å². The van der Waals surface area contributed by atoms with Gasteiger partial charge in [0.15, 0.2) is 6.29 Å². The number of hydrogen-bond acceptors (Lipinski definition) is 3. The first kappa shape index (κ1) is 7.76. The van der Waals surface area contributed by atoms with Crippen molar-refractivity contribution in [1.82, 2.24) is 9.97 Å². The van der Waals surface area contributed by atoms with Crippen LogP contribution in [0, 0.1) is 5.92 Å². The van der Waals surface area contributed by atoms with E-state index in [-0.39, 0.29) is 6.10 Å². The fourth-order valence-electron chi connectivity index (χ4n) is 1.39. The molecule has 1 fully saturated rings. The molecule has 0 aromatic carbocycles. The molecule has 0 bridgehead atoms. The molecule has 66 valence electrons. The largest absolute Gasteiger partial charge is 0.366 e. The Labute approximate surface area is 70.6 Å². The van der Waals surface area contributed by atoms with E-state index in [0.29, 0.717) is 5.92 Å². The zero-order chi connectivity index (χ0) is 8.55. The monoisotopic (exact) mass is 168 g/mol. The molecule has 0 radical (unpaired) electrons. The maximum atomic E-state index is 8.98. The van der Waals surface area contributed by atoms with Gasteiger partial charge >= 0.3 is 0 Å². The molecular weight excluding hydrogens is 156 g/mol. The van der Waals surface area contributed by atoms with Crippen LogP contribution in [0.2, 0.25) is 0 Å². The van der Waals surface area contributed by atoms with Crippen LogP contribution < -0.4 is 0 Å². The lowest BCUT2D eigenvalue weighted by atomic mass is 10.0. The second-order valence-electron chi connectivity index (χ2n) is 3.25. The van der Waals surface area contributed by atoms with Gasteiger partial charge in [-0.1, -0.05) is 6.92 Å². The van der Waals surface area contributed by atoms with Crippen LogP contribution in [0.4, 0.5) is 0 Å². The maximum absolute atomic E-state index is 8.98. The lowest BCUT2D eigenvalue weighted by Gasteiger charge is -2.04. The van der Waals surface area contributed by atoms with Gasteiger partial charge in [-0.2, -0.15) is 0 Å². The van der Waals surface area contributed by atoms with E-state index in [1.807, 2.05) is 0 Å². The zero-order valence-corrected chi connectivity index (χ0v) is 6.90. The van der Waals surface area contributed by atoms with Crippen LogP contribution in [-0.4, -0.2) is 27.5 Å². The van der Waals surface area contributed by atoms with Gasteiger partial charge in [-0.25, -0.2) is 4.98 Å². The van der Waals surface area contributed by atoms with Crippen LogP contribution in [0.25, 0.3) is 0 Å². The summed E-state index contributed by atoms with van der Waals surface area (Å²) in [5.41, 5.74) is 1.09. The molecule has 0 spiro atoms. The fraction of sp³-hybridized carbons (Fsp3) is 0.625.